The third-order valence-corrected chi connectivity index (χ3v) is 4.75. The van der Waals surface area contributed by atoms with Crippen LogP contribution in [0.15, 0.2) is 46.9 Å². The minimum Gasteiger partial charge on any atom is -0.392 e. The number of aliphatic hydroxyl groups is 1. The van der Waals surface area contributed by atoms with Crippen molar-refractivity contribution in [3.05, 3.63) is 69.7 Å². The predicted octanol–water partition coefficient (Wildman–Crippen LogP) is 4.61. The van der Waals surface area contributed by atoms with Crippen molar-refractivity contribution in [1.29, 1.82) is 0 Å². The molecule has 0 fully saturated rings. The quantitative estimate of drug-likeness (QED) is 0.849. The largest absolute Gasteiger partial charge is 0.392 e. The zero-order valence-corrected chi connectivity index (χ0v) is 13.5. The molecule has 21 heavy (non-hydrogen) atoms. The second kappa shape index (κ2) is 6.24. The molecule has 0 amide bonds. The number of benzene rings is 2. The van der Waals surface area contributed by atoms with Crippen molar-refractivity contribution in [2.24, 2.45) is 0 Å². The van der Waals surface area contributed by atoms with Gasteiger partial charge in [0.25, 0.3) is 0 Å². The van der Waals surface area contributed by atoms with E-state index in [9.17, 15) is 13.9 Å². The van der Waals surface area contributed by atoms with Gasteiger partial charge in [-0.3, -0.25) is 0 Å². The van der Waals surface area contributed by atoms with Gasteiger partial charge in [0.05, 0.1) is 10.6 Å². The lowest BCUT2D eigenvalue weighted by Gasteiger charge is -2.31. The van der Waals surface area contributed by atoms with Crippen molar-refractivity contribution < 1.29 is 13.9 Å². The number of aliphatic hydroxyl groups excluding tert-OH is 1. The van der Waals surface area contributed by atoms with Crippen LogP contribution in [0.25, 0.3) is 0 Å². The SMILES string of the molecule is CC(C)(c1ccc(F)cc1)C(O)Cc1cccc(F)c1Br. The molecule has 0 aliphatic rings. The van der Waals surface area contributed by atoms with E-state index in [-0.39, 0.29) is 11.6 Å². The summed E-state index contributed by atoms with van der Waals surface area (Å²) in [5.74, 6) is -0.656. The first-order valence-electron chi connectivity index (χ1n) is 6.69. The van der Waals surface area contributed by atoms with Gasteiger partial charge in [-0.15, -0.1) is 0 Å². The molecule has 1 unspecified atom stereocenters. The van der Waals surface area contributed by atoms with E-state index in [0.29, 0.717) is 16.5 Å². The van der Waals surface area contributed by atoms with E-state index in [1.54, 1.807) is 24.3 Å². The third kappa shape index (κ3) is 3.50. The van der Waals surface area contributed by atoms with Crippen molar-refractivity contribution in [3.8, 4) is 0 Å². The Balaban J connectivity index is 2.24. The molecule has 1 atom stereocenters. The number of rotatable bonds is 4. The van der Waals surface area contributed by atoms with E-state index in [4.69, 9.17) is 0 Å². The van der Waals surface area contributed by atoms with Gasteiger partial charge in [0.1, 0.15) is 11.6 Å². The van der Waals surface area contributed by atoms with Crippen molar-refractivity contribution in [1.82, 2.24) is 0 Å². The Morgan fingerprint density at radius 3 is 2.33 bits per heavy atom. The van der Waals surface area contributed by atoms with Crippen LogP contribution in [0.4, 0.5) is 8.78 Å². The number of hydrogen-bond donors (Lipinski definition) is 1. The Morgan fingerprint density at radius 1 is 1.10 bits per heavy atom. The van der Waals surface area contributed by atoms with Crippen LogP contribution in [0.5, 0.6) is 0 Å². The first-order chi connectivity index (χ1) is 9.82. The molecule has 1 N–H and O–H groups in total. The van der Waals surface area contributed by atoms with E-state index in [1.807, 2.05) is 13.8 Å². The topological polar surface area (TPSA) is 20.2 Å². The fourth-order valence-corrected chi connectivity index (χ4v) is 2.67. The molecular weight excluding hydrogens is 338 g/mol. The highest BCUT2D eigenvalue weighted by molar-refractivity contribution is 9.10. The Hall–Kier alpha value is -1.26. The Labute approximate surface area is 131 Å². The summed E-state index contributed by atoms with van der Waals surface area (Å²) < 4.78 is 26.9. The maximum absolute atomic E-state index is 13.5. The highest BCUT2D eigenvalue weighted by atomic mass is 79.9. The normalized spacial score (nSPS) is 13.2. The highest BCUT2D eigenvalue weighted by Gasteiger charge is 2.30. The lowest BCUT2D eigenvalue weighted by molar-refractivity contribution is 0.0997. The van der Waals surface area contributed by atoms with E-state index in [1.165, 1.54) is 18.2 Å². The monoisotopic (exact) mass is 354 g/mol. The van der Waals surface area contributed by atoms with Crippen LogP contribution in [-0.4, -0.2) is 11.2 Å². The zero-order valence-electron chi connectivity index (χ0n) is 11.9. The summed E-state index contributed by atoms with van der Waals surface area (Å²) in [6, 6.07) is 10.8. The average molecular weight is 355 g/mol. The van der Waals surface area contributed by atoms with Crippen LogP contribution in [0.1, 0.15) is 25.0 Å². The van der Waals surface area contributed by atoms with Crippen LogP contribution in [0, 0.1) is 11.6 Å². The second-order valence-electron chi connectivity index (χ2n) is 5.66. The smallest absolute Gasteiger partial charge is 0.137 e. The lowest BCUT2D eigenvalue weighted by Crippen LogP contribution is -2.35. The first-order valence-corrected chi connectivity index (χ1v) is 7.48. The summed E-state index contributed by atoms with van der Waals surface area (Å²) >= 11 is 3.21. The highest BCUT2D eigenvalue weighted by Crippen LogP contribution is 2.31. The molecule has 0 saturated carbocycles. The summed E-state index contributed by atoms with van der Waals surface area (Å²) in [6.07, 6.45) is -0.413. The van der Waals surface area contributed by atoms with Gasteiger partial charge in [0.2, 0.25) is 0 Å². The predicted molar refractivity (Wildman–Crippen MR) is 83.2 cm³/mol. The first kappa shape index (κ1) is 16.1. The van der Waals surface area contributed by atoms with Gasteiger partial charge in [-0.1, -0.05) is 38.1 Å². The molecule has 2 aromatic carbocycles. The lowest BCUT2D eigenvalue weighted by atomic mass is 9.77. The van der Waals surface area contributed by atoms with Crippen molar-refractivity contribution >= 4 is 15.9 Å². The summed E-state index contributed by atoms with van der Waals surface area (Å²) in [5.41, 5.74) is 0.973. The van der Waals surface area contributed by atoms with Crippen LogP contribution >= 0.6 is 15.9 Å². The van der Waals surface area contributed by atoms with Gasteiger partial charge in [-0.2, -0.15) is 0 Å². The van der Waals surface area contributed by atoms with Gasteiger partial charge in [-0.05, 0) is 45.3 Å². The molecule has 0 aliphatic heterocycles. The van der Waals surface area contributed by atoms with Crippen LogP contribution in [-0.2, 0) is 11.8 Å². The molecule has 0 aliphatic carbocycles. The van der Waals surface area contributed by atoms with Crippen LogP contribution in [0.2, 0.25) is 0 Å². The molecule has 0 saturated heterocycles. The molecule has 4 heteroatoms. The number of halogens is 3. The maximum atomic E-state index is 13.5. The van der Waals surface area contributed by atoms with Crippen LogP contribution in [0.3, 0.4) is 0 Å². The molecule has 1 nitrogen and oxygen atoms in total. The molecule has 0 bridgehead atoms. The summed E-state index contributed by atoms with van der Waals surface area (Å²) in [5, 5.41) is 10.5. The molecule has 2 rings (SSSR count). The average Bonchev–Trinajstić information content (AvgIpc) is 2.44. The minimum absolute atomic E-state index is 0.308. The summed E-state index contributed by atoms with van der Waals surface area (Å²) in [6.45, 7) is 3.77. The maximum Gasteiger partial charge on any atom is 0.137 e. The Kier molecular flexibility index (Phi) is 4.79. The number of hydrogen-bond acceptors (Lipinski definition) is 1. The van der Waals surface area contributed by atoms with Gasteiger partial charge in [-0.25, -0.2) is 8.78 Å². The summed E-state index contributed by atoms with van der Waals surface area (Å²) in [7, 11) is 0. The van der Waals surface area contributed by atoms with E-state index in [2.05, 4.69) is 15.9 Å². The van der Waals surface area contributed by atoms with Gasteiger partial charge >= 0.3 is 0 Å². The van der Waals surface area contributed by atoms with Crippen LogP contribution < -0.4 is 0 Å². The molecule has 0 spiro atoms. The molecule has 0 heterocycles. The fraction of sp³-hybridized carbons (Fsp3) is 0.294. The summed E-state index contributed by atoms with van der Waals surface area (Å²) in [4.78, 5) is 0. The fourth-order valence-electron chi connectivity index (χ4n) is 2.24. The molecule has 0 radical (unpaired) electrons. The minimum atomic E-state index is -0.721. The van der Waals surface area contributed by atoms with Crippen molar-refractivity contribution in [2.75, 3.05) is 0 Å². The Morgan fingerprint density at radius 2 is 1.71 bits per heavy atom. The molecular formula is C17H17BrF2O. The third-order valence-electron chi connectivity index (χ3n) is 3.87. The van der Waals surface area contributed by atoms with Crippen molar-refractivity contribution in [3.63, 3.8) is 0 Å². The standard InChI is InChI=1S/C17H17BrF2O/c1-17(2,12-6-8-13(19)9-7-12)15(21)10-11-4-3-5-14(20)16(11)18/h3-9,15,21H,10H2,1-2H3. The van der Waals surface area contributed by atoms with Gasteiger partial charge in [0, 0.05) is 11.8 Å². The van der Waals surface area contributed by atoms with Crippen molar-refractivity contribution in [2.45, 2.75) is 31.8 Å². The van der Waals surface area contributed by atoms with E-state index in [0.717, 1.165) is 5.56 Å². The van der Waals surface area contributed by atoms with Gasteiger partial charge in [0.15, 0.2) is 0 Å². The molecule has 2 aromatic rings. The Bertz CT molecular complexity index is 623. The van der Waals surface area contributed by atoms with Gasteiger partial charge < -0.3 is 5.11 Å². The second-order valence-corrected chi connectivity index (χ2v) is 6.45. The zero-order chi connectivity index (χ0) is 15.6. The molecule has 0 aromatic heterocycles. The molecule has 112 valence electrons. The van der Waals surface area contributed by atoms with E-state index < -0.39 is 11.5 Å². The van der Waals surface area contributed by atoms with E-state index >= 15 is 0 Å².